The summed E-state index contributed by atoms with van der Waals surface area (Å²) in [6, 6.07) is 14.9. The maximum atomic E-state index is 14.0. The second-order valence-corrected chi connectivity index (χ2v) is 7.75. The molecule has 0 bridgehead atoms. The summed E-state index contributed by atoms with van der Waals surface area (Å²) in [5.74, 6) is 0.842. The van der Waals surface area contributed by atoms with Crippen molar-refractivity contribution in [1.82, 2.24) is 9.80 Å². The van der Waals surface area contributed by atoms with E-state index < -0.39 is 0 Å². The third-order valence-corrected chi connectivity index (χ3v) is 5.98. The van der Waals surface area contributed by atoms with Crippen LogP contribution in [-0.4, -0.2) is 81.7 Å². The van der Waals surface area contributed by atoms with Gasteiger partial charge in [0.2, 0.25) is 5.91 Å². The predicted octanol–water partition coefficient (Wildman–Crippen LogP) is 2.31. The van der Waals surface area contributed by atoms with Gasteiger partial charge in [0.15, 0.2) is 0 Å². The number of anilines is 2. The van der Waals surface area contributed by atoms with Crippen LogP contribution in [0.3, 0.4) is 0 Å². The molecule has 0 atom stereocenters. The van der Waals surface area contributed by atoms with Crippen molar-refractivity contribution >= 4 is 17.3 Å². The molecule has 2 aliphatic heterocycles. The van der Waals surface area contributed by atoms with E-state index >= 15 is 0 Å². The third-order valence-electron chi connectivity index (χ3n) is 5.98. The minimum atomic E-state index is -0.204. The van der Waals surface area contributed by atoms with Gasteiger partial charge in [0.05, 0.1) is 25.0 Å². The quantitative estimate of drug-likeness (QED) is 0.754. The fourth-order valence-corrected chi connectivity index (χ4v) is 4.23. The molecule has 2 aliphatic rings. The number of para-hydroxylation sites is 3. The van der Waals surface area contributed by atoms with Crippen LogP contribution in [0.1, 0.15) is 0 Å². The Bertz CT molecular complexity index is 862. The van der Waals surface area contributed by atoms with Crippen molar-refractivity contribution < 1.29 is 13.9 Å². The molecule has 2 fully saturated rings. The summed E-state index contributed by atoms with van der Waals surface area (Å²) in [6.45, 7) is 6.46. The molecule has 0 radical (unpaired) electrons. The van der Waals surface area contributed by atoms with Crippen LogP contribution < -0.4 is 14.5 Å². The molecule has 2 aromatic carbocycles. The number of benzene rings is 2. The van der Waals surface area contributed by atoms with Gasteiger partial charge in [-0.05, 0) is 24.3 Å². The molecule has 0 saturated carbocycles. The number of halogens is 1. The van der Waals surface area contributed by atoms with E-state index in [1.807, 2.05) is 34.1 Å². The first-order valence-electron chi connectivity index (χ1n) is 10.5. The van der Waals surface area contributed by atoms with Crippen LogP contribution in [0.2, 0.25) is 0 Å². The largest absolute Gasteiger partial charge is 0.495 e. The third kappa shape index (κ3) is 4.51. The van der Waals surface area contributed by atoms with Crippen LogP contribution in [0.5, 0.6) is 5.75 Å². The highest BCUT2D eigenvalue weighted by molar-refractivity contribution is 5.78. The minimum absolute atomic E-state index is 0.161. The number of ether oxygens (including phenoxy) is 1. The molecule has 0 aromatic heterocycles. The molecule has 6 nitrogen and oxygen atoms in total. The second-order valence-electron chi connectivity index (χ2n) is 7.75. The predicted molar refractivity (Wildman–Crippen MR) is 117 cm³/mol. The molecule has 160 valence electrons. The fourth-order valence-electron chi connectivity index (χ4n) is 4.23. The zero-order chi connectivity index (χ0) is 20.9. The number of rotatable bonds is 5. The van der Waals surface area contributed by atoms with Gasteiger partial charge in [0, 0.05) is 52.4 Å². The Morgan fingerprint density at radius 1 is 0.833 bits per heavy atom. The second kappa shape index (κ2) is 9.34. The van der Waals surface area contributed by atoms with Crippen molar-refractivity contribution in [1.29, 1.82) is 0 Å². The molecule has 0 spiro atoms. The highest BCUT2D eigenvalue weighted by Crippen LogP contribution is 2.28. The lowest BCUT2D eigenvalue weighted by Crippen LogP contribution is -2.54. The van der Waals surface area contributed by atoms with Crippen molar-refractivity contribution in [3.63, 3.8) is 0 Å². The number of carbonyl (C=O) groups excluding carboxylic acids is 1. The van der Waals surface area contributed by atoms with Gasteiger partial charge in [-0.1, -0.05) is 24.3 Å². The van der Waals surface area contributed by atoms with Crippen LogP contribution in [0.4, 0.5) is 15.8 Å². The highest BCUT2D eigenvalue weighted by atomic mass is 19.1. The zero-order valence-corrected chi connectivity index (χ0v) is 17.5. The van der Waals surface area contributed by atoms with Gasteiger partial charge < -0.3 is 19.4 Å². The van der Waals surface area contributed by atoms with Gasteiger partial charge >= 0.3 is 0 Å². The number of piperazine rings is 2. The normalized spacial score (nSPS) is 17.9. The maximum absolute atomic E-state index is 14.0. The lowest BCUT2D eigenvalue weighted by Gasteiger charge is -2.39. The number of hydrogen-bond acceptors (Lipinski definition) is 5. The number of methoxy groups -OCH3 is 1. The van der Waals surface area contributed by atoms with E-state index in [-0.39, 0.29) is 11.7 Å². The molecule has 30 heavy (non-hydrogen) atoms. The van der Waals surface area contributed by atoms with E-state index in [0.717, 1.165) is 37.6 Å². The molecule has 0 unspecified atom stereocenters. The van der Waals surface area contributed by atoms with Crippen molar-refractivity contribution in [2.45, 2.75) is 0 Å². The molecule has 0 aliphatic carbocycles. The first kappa shape index (κ1) is 20.5. The van der Waals surface area contributed by atoms with E-state index in [1.165, 1.54) is 6.07 Å². The lowest BCUT2D eigenvalue weighted by molar-refractivity contribution is -0.132. The summed E-state index contributed by atoms with van der Waals surface area (Å²) < 4.78 is 19.5. The average Bonchev–Trinajstić information content (AvgIpc) is 2.80. The van der Waals surface area contributed by atoms with E-state index in [0.29, 0.717) is 38.4 Å². The van der Waals surface area contributed by atoms with Crippen molar-refractivity contribution in [2.24, 2.45) is 0 Å². The van der Waals surface area contributed by atoms with E-state index in [1.54, 1.807) is 19.2 Å². The molecule has 2 heterocycles. The van der Waals surface area contributed by atoms with Gasteiger partial charge in [0.1, 0.15) is 11.6 Å². The van der Waals surface area contributed by atoms with Crippen molar-refractivity contribution in [3.05, 3.63) is 54.3 Å². The van der Waals surface area contributed by atoms with Gasteiger partial charge in [0.25, 0.3) is 0 Å². The summed E-state index contributed by atoms with van der Waals surface area (Å²) in [4.78, 5) is 21.2. The van der Waals surface area contributed by atoms with E-state index in [2.05, 4.69) is 15.9 Å². The molecule has 1 amide bonds. The summed E-state index contributed by atoms with van der Waals surface area (Å²) in [6.07, 6.45) is 0. The zero-order valence-electron chi connectivity index (χ0n) is 17.5. The Kier molecular flexibility index (Phi) is 6.38. The Morgan fingerprint density at radius 2 is 1.40 bits per heavy atom. The average molecular weight is 413 g/mol. The van der Waals surface area contributed by atoms with Gasteiger partial charge in [-0.2, -0.15) is 0 Å². The smallest absolute Gasteiger partial charge is 0.236 e. The summed E-state index contributed by atoms with van der Waals surface area (Å²) in [7, 11) is 1.69. The Hall–Kier alpha value is -2.80. The van der Waals surface area contributed by atoms with Crippen molar-refractivity contribution in [2.75, 3.05) is 75.8 Å². The monoisotopic (exact) mass is 412 g/mol. The Balaban J connectivity index is 1.25. The number of hydrogen-bond donors (Lipinski definition) is 0. The van der Waals surface area contributed by atoms with E-state index in [4.69, 9.17) is 4.74 Å². The van der Waals surface area contributed by atoms with Crippen molar-refractivity contribution in [3.8, 4) is 5.75 Å². The molecule has 7 heteroatoms. The summed E-state index contributed by atoms with van der Waals surface area (Å²) in [5, 5.41) is 0. The van der Waals surface area contributed by atoms with Crippen LogP contribution in [-0.2, 0) is 4.79 Å². The van der Waals surface area contributed by atoms with Gasteiger partial charge in [-0.15, -0.1) is 0 Å². The van der Waals surface area contributed by atoms with Crippen LogP contribution in [0.25, 0.3) is 0 Å². The van der Waals surface area contributed by atoms with Crippen LogP contribution in [0.15, 0.2) is 48.5 Å². The fraction of sp³-hybridized carbons (Fsp3) is 0.435. The first-order chi connectivity index (χ1) is 14.7. The Labute approximate surface area is 177 Å². The standard InChI is InChI=1S/C23H29FN4O2/c1-30-22-9-5-4-8-21(22)27-12-10-25(11-13-27)18-23(29)28-16-14-26(15-17-28)20-7-3-2-6-19(20)24/h2-9H,10-18H2,1H3. The SMILES string of the molecule is COc1ccccc1N1CCN(CC(=O)N2CCN(c3ccccc3F)CC2)CC1. The molecule has 2 aromatic rings. The molecule has 2 saturated heterocycles. The molecule has 0 N–H and O–H groups in total. The van der Waals surface area contributed by atoms with Crippen LogP contribution >= 0.6 is 0 Å². The van der Waals surface area contributed by atoms with E-state index in [9.17, 15) is 9.18 Å². The molecular weight excluding hydrogens is 383 g/mol. The highest BCUT2D eigenvalue weighted by Gasteiger charge is 2.26. The first-order valence-corrected chi connectivity index (χ1v) is 10.5. The molecule has 4 rings (SSSR count). The number of amides is 1. The van der Waals surface area contributed by atoms with Gasteiger partial charge in [-0.3, -0.25) is 9.69 Å². The maximum Gasteiger partial charge on any atom is 0.236 e. The minimum Gasteiger partial charge on any atom is -0.495 e. The van der Waals surface area contributed by atoms with Gasteiger partial charge in [-0.25, -0.2) is 4.39 Å². The molecular formula is C23H29FN4O2. The Morgan fingerprint density at radius 3 is 2.07 bits per heavy atom. The summed E-state index contributed by atoms with van der Waals surface area (Å²) in [5.41, 5.74) is 1.73. The number of carbonyl (C=O) groups is 1. The lowest BCUT2D eigenvalue weighted by atomic mass is 10.2. The summed E-state index contributed by atoms with van der Waals surface area (Å²) >= 11 is 0. The topological polar surface area (TPSA) is 39.3 Å². The van der Waals surface area contributed by atoms with Crippen LogP contribution in [0, 0.1) is 5.82 Å². The number of nitrogens with zero attached hydrogens (tertiary/aromatic N) is 4.